The van der Waals surface area contributed by atoms with Crippen molar-refractivity contribution in [1.29, 1.82) is 0 Å². The number of benzene rings is 1. The van der Waals surface area contributed by atoms with E-state index < -0.39 is 15.5 Å². The van der Waals surface area contributed by atoms with Gasteiger partial charge in [-0.25, -0.2) is 18.4 Å². The van der Waals surface area contributed by atoms with Gasteiger partial charge in [-0.3, -0.25) is 14.9 Å². The van der Waals surface area contributed by atoms with Crippen LogP contribution in [-0.4, -0.2) is 44.6 Å². The van der Waals surface area contributed by atoms with Crippen molar-refractivity contribution in [3.05, 3.63) is 39.9 Å². The van der Waals surface area contributed by atoms with Gasteiger partial charge in [0.25, 0.3) is 0 Å². The Morgan fingerprint density at radius 1 is 1.44 bits per heavy atom. The Kier molecular flexibility index (Phi) is 6.62. The number of hydroxylamine groups is 1. The van der Waals surface area contributed by atoms with Gasteiger partial charge in [-0.1, -0.05) is 5.16 Å². The number of nitrogens with one attached hydrogen (secondary N) is 1. The van der Waals surface area contributed by atoms with Crippen molar-refractivity contribution in [2.45, 2.75) is 12.8 Å². The SMILES string of the molecule is CS(C)(=O)=NCCCc1nonc1C(=Nc1ccc(F)c(Br)c1)NO. The van der Waals surface area contributed by atoms with Crippen LogP contribution >= 0.6 is 15.9 Å². The maximum Gasteiger partial charge on any atom is 0.181 e. The molecule has 0 unspecified atom stereocenters. The molecule has 2 rings (SSSR count). The standard InChI is InChI=1S/C14H17BrFN5O3S/c1-25(2,23)17-7-3-4-12-13(21-24-20-12)14(19-22)18-9-5-6-11(16)10(15)8-9/h5-6,8,22H,3-4,7H2,1-2H3,(H,18,19). The lowest BCUT2D eigenvalue weighted by Crippen LogP contribution is -2.22. The topological polar surface area (TPSA) is 113 Å². The molecule has 0 spiro atoms. The Morgan fingerprint density at radius 2 is 2.20 bits per heavy atom. The van der Waals surface area contributed by atoms with Crippen LogP contribution < -0.4 is 5.48 Å². The first-order chi connectivity index (χ1) is 11.8. The molecule has 1 heterocycles. The number of aromatic nitrogens is 2. The largest absolute Gasteiger partial charge is 0.290 e. The van der Waals surface area contributed by atoms with Gasteiger partial charge < -0.3 is 0 Å². The summed E-state index contributed by atoms with van der Waals surface area (Å²) in [7, 11) is -2.14. The molecule has 0 radical (unpaired) electrons. The first-order valence-corrected chi connectivity index (χ1v) is 10.3. The number of hydrogen-bond donors (Lipinski definition) is 2. The number of hydrogen-bond acceptors (Lipinski definition) is 7. The molecule has 2 aromatic rings. The zero-order valence-corrected chi connectivity index (χ0v) is 16.0. The summed E-state index contributed by atoms with van der Waals surface area (Å²) in [6, 6.07) is 4.15. The first kappa shape index (κ1) is 19.5. The summed E-state index contributed by atoms with van der Waals surface area (Å²) in [5.41, 5.74) is 3.05. The number of aryl methyl sites for hydroxylation is 1. The van der Waals surface area contributed by atoms with Gasteiger partial charge in [-0.05, 0) is 52.1 Å². The second-order valence-corrected chi connectivity index (χ2v) is 8.84. The third-order valence-corrected chi connectivity index (χ3v) is 4.42. The summed E-state index contributed by atoms with van der Waals surface area (Å²) in [6.45, 7) is 0.405. The molecular formula is C14H17BrFN5O3S. The van der Waals surface area contributed by atoms with Crippen LogP contribution in [0, 0.1) is 5.82 Å². The average molecular weight is 434 g/mol. The Bertz CT molecular complexity index is 884. The van der Waals surface area contributed by atoms with E-state index in [1.54, 1.807) is 12.5 Å². The molecule has 0 amide bonds. The molecule has 0 saturated carbocycles. The molecule has 11 heteroatoms. The highest BCUT2D eigenvalue weighted by atomic mass is 79.9. The van der Waals surface area contributed by atoms with Gasteiger partial charge in [0, 0.05) is 28.8 Å². The molecule has 1 aromatic carbocycles. The monoisotopic (exact) mass is 433 g/mol. The van der Waals surface area contributed by atoms with E-state index in [0.717, 1.165) is 0 Å². The highest BCUT2D eigenvalue weighted by Gasteiger charge is 2.16. The zero-order valence-electron chi connectivity index (χ0n) is 13.6. The number of nitrogens with zero attached hydrogens (tertiary/aromatic N) is 4. The van der Waals surface area contributed by atoms with Crippen LogP contribution in [0.15, 0.2) is 36.7 Å². The normalized spacial score (nSPS) is 12.3. The van der Waals surface area contributed by atoms with Crippen LogP contribution in [0.25, 0.3) is 0 Å². The van der Waals surface area contributed by atoms with Crippen molar-refractivity contribution in [1.82, 2.24) is 15.8 Å². The van der Waals surface area contributed by atoms with Gasteiger partial charge >= 0.3 is 0 Å². The van der Waals surface area contributed by atoms with Crippen LogP contribution in [0.4, 0.5) is 10.1 Å². The molecule has 0 aliphatic rings. The maximum absolute atomic E-state index is 13.3. The number of amidine groups is 1. The average Bonchev–Trinajstić information content (AvgIpc) is 3.00. The maximum atomic E-state index is 13.3. The van der Waals surface area contributed by atoms with Crippen molar-refractivity contribution < 1.29 is 18.4 Å². The molecule has 0 atom stereocenters. The van der Waals surface area contributed by atoms with E-state index in [0.29, 0.717) is 30.8 Å². The molecule has 136 valence electrons. The highest BCUT2D eigenvalue weighted by molar-refractivity contribution is 9.10. The van der Waals surface area contributed by atoms with E-state index in [9.17, 15) is 13.8 Å². The Balaban J connectivity index is 2.18. The zero-order chi connectivity index (χ0) is 18.4. The fourth-order valence-corrected chi connectivity index (χ4v) is 2.83. The van der Waals surface area contributed by atoms with Crippen LogP contribution in [0.1, 0.15) is 17.8 Å². The van der Waals surface area contributed by atoms with Crippen molar-refractivity contribution in [2.75, 3.05) is 19.1 Å². The first-order valence-electron chi connectivity index (χ1n) is 7.18. The van der Waals surface area contributed by atoms with E-state index >= 15 is 0 Å². The van der Waals surface area contributed by atoms with Crippen LogP contribution in [0.5, 0.6) is 0 Å². The van der Waals surface area contributed by atoms with Gasteiger partial charge in [0.15, 0.2) is 11.5 Å². The minimum absolute atomic E-state index is 0.0153. The predicted molar refractivity (Wildman–Crippen MR) is 95.1 cm³/mol. The summed E-state index contributed by atoms with van der Waals surface area (Å²) in [5.74, 6) is -0.407. The number of halogens is 2. The summed E-state index contributed by atoms with van der Waals surface area (Å²) < 4.78 is 33.8. The van der Waals surface area contributed by atoms with E-state index in [2.05, 4.69) is 35.6 Å². The summed E-state index contributed by atoms with van der Waals surface area (Å²) in [5, 5.41) is 16.9. The minimum atomic E-state index is -2.14. The molecular weight excluding hydrogens is 417 g/mol. The van der Waals surface area contributed by atoms with Crippen LogP contribution in [0.3, 0.4) is 0 Å². The Labute approximate surface area is 152 Å². The van der Waals surface area contributed by atoms with Crippen molar-refractivity contribution in [3.63, 3.8) is 0 Å². The van der Waals surface area contributed by atoms with E-state index in [-0.39, 0.29) is 16.0 Å². The van der Waals surface area contributed by atoms with E-state index in [1.807, 2.05) is 5.48 Å². The van der Waals surface area contributed by atoms with Crippen molar-refractivity contribution >= 4 is 37.2 Å². The third-order valence-electron chi connectivity index (χ3n) is 3.00. The second kappa shape index (κ2) is 8.50. The van der Waals surface area contributed by atoms with Gasteiger partial charge in [-0.15, -0.1) is 0 Å². The molecule has 0 bridgehead atoms. The Hall–Kier alpha value is -1.85. The molecule has 0 aliphatic heterocycles. The lowest BCUT2D eigenvalue weighted by Gasteiger charge is -2.04. The molecule has 2 N–H and O–H groups in total. The highest BCUT2D eigenvalue weighted by Crippen LogP contribution is 2.22. The van der Waals surface area contributed by atoms with Gasteiger partial charge in [-0.2, -0.15) is 0 Å². The fourth-order valence-electron chi connectivity index (χ4n) is 1.90. The van der Waals surface area contributed by atoms with Crippen LogP contribution in [-0.2, 0) is 16.1 Å². The molecule has 1 aromatic heterocycles. The molecule has 8 nitrogen and oxygen atoms in total. The lowest BCUT2D eigenvalue weighted by atomic mass is 10.2. The Morgan fingerprint density at radius 3 is 2.84 bits per heavy atom. The molecule has 25 heavy (non-hydrogen) atoms. The predicted octanol–water partition coefficient (Wildman–Crippen LogP) is 2.69. The smallest absolute Gasteiger partial charge is 0.181 e. The van der Waals surface area contributed by atoms with E-state index in [1.165, 1.54) is 18.2 Å². The van der Waals surface area contributed by atoms with E-state index in [4.69, 9.17) is 4.63 Å². The van der Waals surface area contributed by atoms with Gasteiger partial charge in [0.1, 0.15) is 11.5 Å². The molecule has 0 saturated heterocycles. The quantitative estimate of drug-likeness (QED) is 0.313. The lowest BCUT2D eigenvalue weighted by molar-refractivity contribution is 0.234. The summed E-state index contributed by atoms with van der Waals surface area (Å²) >= 11 is 3.07. The molecule has 0 aliphatic carbocycles. The van der Waals surface area contributed by atoms with Gasteiger partial charge in [0.05, 0.1) is 10.2 Å². The second-order valence-electron chi connectivity index (χ2n) is 5.37. The fraction of sp³-hybridized carbons (Fsp3) is 0.357. The van der Waals surface area contributed by atoms with Gasteiger partial charge in [0.2, 0.25) is 0 Å². The molecule has 0 fully saturated rings. The number of rotatable bonds is 6. The summed E-state index contributed by atoms with van der Waals surface area (Å²) in [4.78, 5) is 4.18. The van der Waals surface area contributed by atoms with Crippen molar-refractivity contribution in [2.24, 2.45) is 9.36 Å². The summed E-state index contributed by atoms with van der Waals surface area (Å²) in [6.07, 6.45) is 4.17. The number of aliphatic imine (C=N–C) groups is 1. The third kappa shape index (κ3) is 5.87. The minimum Gasteiger partial charge on any atom is -0.290 e. The van der Waals surface area contributed by atoms with Crippen LogP contribution in [0.2, 0.25) is 0 Å². The van der Waals surface area contributed by atoms with Crippen molar-refractivity contribution in [3.8, 4) is 0 Å².